The van der Waals surface area contributed by atoms with Gasteiger partial charge in [0.1, 0.15) is 30.9 Å². The Kier molecular flexibility index (Phi) is 7.28. The Morgan fingerprint density at radius 3 is 2.57 bits per heavy atom. The van der Waals surface area contributed by atoms with E-state index in [2.05, 4.69) is 0 Å². The minimum Gasteiger partial charge on any atom is -0.379 e. The largest absolute Gasteiger partial charge is 0.379 e. The molecule has 0 aromatic rings. The lowest BCUT2D eigenvalue weighted by atomic mass is 10.0. The van der Waals surface area contributed by atoms with Crippen molar-refractivity contribution in [2.24, 2.45) is 0 Å². The van der Waals surface area contributed by atoms with E-state index in [1.165, 1.54) is 6.08 Å². The lowest BCUT2D eigenvalue weighted by Crippen LogP contribution is -2.21. The van der Waals surface area contributed by atoms with Gasteiger partial charge in [0.2, 0.25) is 0 Å². The van der Waals surface area contributed by atoms with E-state index >= 15 is 0 Å². The molecule has 0 saturated heterocycles. The van der Waals surface area contributed by atoms with Crippen molar-refractivity contribution in [2.45, 2.75) is 19.0 Å². The highest BCUT2D eigenvalue weighted by atomic mass is 127. The Morgan fingerprint density at radius 1 is 1.64 bits per heavy atom. The number of hydrogen-bond donors (Lipinski definition) is 2. The first-order valence-corrected chi connectivity index (χ1v) is 6.30. The summed E-state index contributed by atoms with van der Waals surface area (Å²) in [6.45, 7) is 1.80. The van der Waals surface area contributed by atoms with Crippen molar-refractivity contribution in [3.63, 3.8) is 0 Å². The van der Waals surface area contributed by atoms with Crippen LogP contribution >= 0.6 is 30.6 Å². The van der Waals surface area contributed by atoms with Crippen molar-refractivity contribution in [2.75, 3.05) is 6.61 Å². The van der Waals surface area contributed by atoms with Crippen molar-refractivity contribution < 1.29 is 22.2 Å². The third-order valence-electron chi connectivity index (χ3n) is 1.11. The van der Waals surface area contributed by atoms with E-state index in [9.17, 15) is 4.57 Å². The maximum absolute atomic E-state index is 10.5. The standard InChI is InChI=1S/C6H11BIO5P/c1-5(7)13-6(4-12-8)2-3-14(9,10)11/h2-3,5-6H,4H2,1H3,(H2,9,10,11)/b3-2+. The first kappa shape index (κ1) is 14.6. The summed E-state index contributed by atoms with van der Waals surface area (Å²) in [6, 6.07) is -0.520. The summed E-state index contributed by atoms with van der Waals surface area (Å²) in [7, 11) is 1.21. The molecule has 0 aliphatic rings. The predicted molar refractivity (Wildman–Crippen MR) is 61.2 cm³/mol. The Morgan fingerprint density at radius 2 is 2.21 bits per heavy atom. The molecule has 0 saturated carbocycles. The van der Waals surface area contributed by atoms with Gasteiger partial charge in [-0.15, -0.1) is 0 Å². The molecular weight excluding hydrogens is 321 g/mol. The zero-order valence-corrected chi connectivity index (χ0v) is 10.6. The topological polar surface area (TPSA) is 76.0 Å². The van der Waals surface area contributed by atoms with E-state index in [1.807, 2.05) is 0 Å². The number of halogens is 1. The van der Waals surface area contributed by atoms with E-state index in [0.717, 1.165) is 5.82 Å². The summed E-state index contributed by atoms with van der Waals surface area (Å²) in [5, 5.41) is 0. The Balaban J connectivity index is 4.22. The second-order valence-electron chi connectivity index (χ2n) is 2.59. The number of ether oxygens (including phenoxy) is 1. The molecule has 0 aromatic carbocycles. The van der Waals surface area contributed by atoms with Gasteiger partial charge in [-0.25, -0.2) is 0 Å². The fourth-order valence-corrected chi connectivity index (χ4v) is 1.46. The van der Waals surface area contributed by atoms with Crippen LogP contribution in [0.3, 0.4) is 0 Å². The lowest BCUT2D eigenvalue weighted by Gasteiger charge is -2.15. The van der Waals surface area contributed by atoms with E-state index < -0.39 is 19.7 Å². The highest BCUT2D eigenvalue weighted by Crippen LogP contribution is 2.36. The molecule has 0 spiro atoms. The van der Waals surface area contributed by atoms with Gasteiger partial charge < -0.3 is 17.6 Å². The monoisotopic (exact) mass is 332 g/mol. The van der Waals surface area contributed by atoms with Crippen molar-refractivity contribution >= 4 is 38.4 Å². The van der Waals surface area contributed by atoms with Crippen LogP contribution in [0.4, 0.5) is 0 Å². The van der Waals surface area contributed by atoms with Crippen LogP contribution in [0.5, 0.6) is 0 Å². The summed E-state index contributed by atoms with van der Waals surface area (Å²) >= 11 is 1.66. The maximum Gasteiger partial charge on any atom is 0.348 e. The predicted octanol–water partition coefficient (Wildman–Crippen LogP) is 0.944. The molecule has 2 N–H and O–H groups in total. The molecule has 0 aliphatic heterocycles. The van der Waals surface area contributed by atoms with Gasteiger partial charge in [-0.1, -0.05) is 0 Å². The molecule has 0 rings (SSSR count). The van der Waals surface area contributed by atoms with E-state index in [-0.39, 0.29) is 6.61 Å². The third kappa shape index (κ3) is 9.17. The second kappa shape index (κ2) is 6.97. The molecule has 14 heavy (non-hydrogen) atoms. The summed E-state index contributed by atoms with van der Waals surface area (Å²) in [5.41, 5.74) is 0. The normalized spacial score (nSPS) is 17.1. The smallest absolute Gasteiger partial charge is 0.348 e. The van der Waals surface area contributed by atoms with Crippen molar-refractivity contribution in [3.05, 3.63) is 11.9 Å². The van der Waals surface area contributed by atoms with Crippen LogP contribution in [0.2, 0.25) is 0 Å². The molecule has 0 aromatic heterocycles. The Hall–Kier alpha value is 0.605. The third-order valence-corrected chi connectivity index (χ3v) is 2.03. The van der Waals surface area contributed by atoms with E-state index in [4.69, 9.17) is 25.4 Å². The molecule has 0 aliphatic carbocycles. The van der Waals surface area contributed by atoms with Crippen LogP contribution in [0.1, 0.15) is 6.92 Å². The molecule has 2 radical (unpaired) electrons. The molecule has 0 fully saturated rings. The Bertz CT molecular complexity index is 228. The zero-order valence-electron chi connectivity index (χ0n) is 7.54. The van der Waals surface area contributed by atoms with Gasteiger partial charge in [0, 0.05) is 11.8 Å². The molecule has 2 unspecified atom stereocenters. The van der Waals surface area contributed by atoms with Crippen LogP contribution in [0.25, 0.3) is 0 Å². The van der Waals surface area contributed by atoms with Gasteiger partial charge >= 0.3 is 7.60 Å². The van der Waals surface area contributed by atoms with Gasteiger partial charge in [-0.3, -0.25) is 4.57 Å². The SMILES string of the molecule is [B]C(C)OC(/C=C/P(=O)(O)O)COI. The van der Waals surface area contributed by atoms with Gasteiger partial charge in [0.15, 0.2) is 0 Å². The molecule has 8 heteroatoms. The molecule has 80 valence electrons. The fourth-order valence-electron chi connectivity index (χ4n) is 0.686. The van der Waals surface area contributed by atoms with Crippen molar-refractivity contribution in [1.82, 2.24) is 0 Å². The van der Waals surface area contributed by atoms with Gasteiger partial charge in [-0.2, -0.15) is 0 Å². The van der Waals surface area contributed by atoms with E-state index in [1.54, 1.807) is 29.9 Å². The molecule has 2 atom stereocenters. The quantitative estimate of drug-likeness (QED) is 0.430. The molecule has 0 heterocycles. The number of hydrogen-bond acceptors (Lipinski definition) is 3. The molecule has 0 bridgehead atoms. The first-order valence-electron chi connectivity index (χ1n) is 3.74. The van der Waals surface area contributed by atoms with Gasteiger partial charge in [-0.05, 0) is 13.0 Å². The zero-order chi connectivity index (χ0) is 11.2. The summed E-state index contributed by atoms with van der Waals surface area (Å²) < 4.78 is 20.4. The van der Waals surface area contributed by atoms with Crippen LogP contribution in [-0.2, 0) is 12.4 Å². The average molecular weight is 332 g/mol. The minimum atomic E-state index is -4.15. The lowest BCUT2D eigenvalue weighted by molar-refractivity contribution is 0.0486. The van der Waals surface area contributed by atoms with Crippen molar-refractivity contribution in [1.29, 1.82) is 0 Å². The highest BCUT2D eigenvalue weighted by molar-refractivity contribution is 14.1. The summed E-state index contributed by atoms with van der Waals surface area (Å²) in [6.07, 6.45) is 0.683. The molecule has 5 nitrogen and oxygen atoms in total. The van der Waals surface area contributed by atoms with Crippen molar-refractivity contribution in [3.8, 4) is 0 Å². The highest BCUT2D eigenvalue weighted by Gasteiger charge is 2.11. The molecular formula is C6H11BIO5P. The van der Waals surface area contributed by atoms with E-state index in [0.29, 0.717) is 0 Å². The fraction of sp³-hybridized carbons (Fsp3) is 0.667. The summed E-state index contributed by atoms with van der Waals surface area (Å²) in [4.78, 5) is 17.1. The van der Waals surface area contributed by atoms with Gasteiger partial charge in [0.25, 0.3) is 0 Å². The van der Waals surface area contributed by atoms with Crippen LogP contribution in [0.15, 0.2) is 11.9 Å². The van der Waals surface area contributed by atoms with Crippen LogP contribution < -0.4 is 0 Å². The number of rotatable bonds is 6. The first-order chi connectivity index (χ1) is 6.35. The molecule has 0 amide bonds. The second-order valence-corrected chi connectivity index (χ2v) is 4.69. The van der Waals surface area contributed by atoms with Crippen LogP contribution in [-0.4, -0.2) is 36.3 Å². The summed E-state index contributed by atoms with van der Waals surface area (Å²) in [5.74, 6) is 0.774. The average Bonchev–Trinajstić information content (AvgIpc) is 1.98. The minimum absolute atomic E-state index is 0.179. The van der Waals surface area contributed by atoms with Crippen LogP contribution in [0, 0.1) is 0 Å². The Labute approximate surface area is 98.1 Å². The maximum atomic E-state index is 10.5. The van der Waals surface area contributed by atoms with Gasteiger partial charge in [0.05, 0.1) is 12.7 Å².